The summed E-state index contributed by atoms with van der Waals surface area (Å²) in [5.74, 6) is 0.262. The summed E-state index contributed by atoms with van der Waals surface area (Å²) >= 11 is 0. The molecule has 0 saturated carbocycles. The first kappa shape index (κ1) is 17.8. The zero-order chi connectivity index (χ0) is 18.4. The second-order valence-corrected chi connectivity index (χ2v) is 6.27. The van der Waals surface area contributed by atoms with E-state index in [0.717, 1.165) is 30.6 Å². The second-order valence-electron chi connectivity index (χ2n) is 6.27. The number of nitrogens with zero attached hydrogens (tertiary/aromatic N) is 3. The predicted octanol–water partition coefficient (Wildman–Crippen LogP) is 2.05. The van der Waals surface area contributed by atoms with Crippen molar-refractivity contribution in [3.63, 3.8) is 0 Å². The van der Waals surface area contributed by atoms with Crippen LogP contribution in [0.5, 0.6) is 0 Å². The summed E-state index contributed by atoms with van der Waals surface area (Å²) in [4.78, 5) is 34.5. The minimum Gasteiger partial charge on any atom is -0.469 e. The third-order valence-corrected chi connectivity index (χ3v) is 4.42. The molecule has 1 aliphatic rings. The van der Waals surface area contributed by atoms with Gasteiger partial charge in [0.1, 0.15) is 0 Å². The molecule has 1 fully saturated rings. The third kappa shape index (κ3) is 4.56. The highest BCUT2D eigenvalue weighted by Crippen LogP contribution is 2.21. The van der Waals surface area contributed by atoms with E-state index in [0.29, 0.717) is 12.5 Å². The molecule has 0 bridgehead atoms. The molecule has 2 heterocycles. The molecule has 0 unspecified atom stereocenters. The van der Waals surface area contributed by atoms with Crippen molar-refractivity contribution >= 4 is 23.5 Å². The molecular weight excluding hydrogens is 332 g/mol. The van der Waals surface area contributed by atoms with Gasteiger partial charge in [0.15, 0.2) is 0 Å². The van der Waals surface area contributed by atoms with Crippen molar-refractivity contribution in [2.24, 2.45) is 5.92 Å². The number of methoxy groups -OCH3 is 1. The molecular formula is C19H22N4O3. The van der Waals surface area contributed by atoms with Crippen molar-refractivity contribution in [2.75, 3.05) is 30.4 Å². The van der Waals surface area contributed by atoms with Crippen molar-refractivity contribution < 1.29 is 14.3 Å². The smallest absolute Gasteiger partial charge is 0.309 e. The van der Waals surface area contributed by atoms with Crippen LogP contribution in [0, 0.1) is 5.92 Å². The fourth-order valence-electron chi connectivity index (χ4n) is 3.02. The van der Waals surface area contributed by atoms with Gasteiger partial charge in [-0.15, -0.1) is 0 Å². The SMILES string of the molecule is COC(=O)Cc1ccc(NC(=O)[C@@H]2CCCN(c3ncccn3)C2)cc1. The lowest BCUT2D eigenvalue weighted by molar-refractivity contribution is -0.139. The van der Waals surface area contributed by atoms with Gasteiger partial charge in [-0.05, 0) is 36.6 Å². The molecule has 3 rings (SSSR count). The number of ether oxygens (including phenoxy) is 1. The molecule has 26 heavy (non-hydrogen) atoms. The summed E-state index contributed by atoms with van der Waals surface area (Å²) in [6, 6.07) is 9.02. The number of hydrogen-bond donors (Lipinski definition) is 1. The van der Waals surface area contributed by atoms with Crippen molar-refractivity contribution in [1.29, 1.82) is 0 Å². The summed E-state index contributed by atoms with van der Waals surface area (Å²) in [6.45, 7) is 1.46. The van der Waals surface area contributed by atoms with Gasteiger partial charge in [-0.25, -0.2) is 9.97 Å². The molecule has 1 saturated heterocycles. The number of benzene rings is 1. The lowest BCUT2D eigenvalue weighted by Crippen LogP contribution is -2.41. The van der Waals surface area contributed by atoms with Crippen LogP contribution in [0.3, 0.4) is 0 Å². The Morgan fingerprint density at radius 1 is 1.23 bits per heavy atom. The van der Waals surface area contributed by atoms with Crippen molar-refractivity contribution in [2.45, 2.75) is 19.3 Å². The number of carbonyl (C=O) groups excluding carboxylic acids is 2. The van der Waals surface area contributed by atoms with E-state index >= 15 is 0 Å². The van der Waals surface area contributed by atoms with Crippen LogP contribution in [0.4, 0.5) is 11.6 Å². The van der Waals surface area contributed by atoms with E-state index in [4.69, 9.17) is 0 Å². The van der Waals surface area contributed by atoms with Gasteiger partial charge in [0.25, 0.3) is 0 Å². The maximum absolute atomic E-state index is 12.6. The highest BCUT2D eigenvalue weighted by Gasteiger charge is 2.27. The van der Waals surface area contributed by atoms with E-state index in [1.165, 1.54) is 7.11 Å². The van der Waals surface area contributed by atoms with Gasteiger partial charge in [0.05, 0.1) is 19.4 Å². The summed E-state index contributed by atoms with van der Waals surface area (Å²) in [5, 5.41) is 2.96. The minimum absolute atomic E-state index is 0.00801. The van der Waals surface area contributed by atoms with E-state index in [1.807, 2.05) is 17.0 Å². The average molecular weight is 354 g/mol. The number of rotatable bonds is 5. The second kappa shape index (κ2) is 8.42. The quantitative estimate of drug-likeness (QED) is 0.827. The van der Waals surface area contributed by atoms with Gasteiger partial charge in [-0.2, -0.15) is 0 Å². The summed E-state index contributed by atoms with van der Waals surface area (Å²) < 4.78 is 4.65. The lowest BCUT2D eigenvalue weighted by atomic mass is 9.97. The van der Waals surface area contributed by atoms with Crippen LogP contribution in [0.25, 0.3) is 0 Å². The fraction of sp³-hybridized carbons (Fsp3) is 0.368. The number of aromatic nitrogens is 2. The number of anilines is 2. The first-order valence-corrected chi connectivity index (χ1v) is 8.64. The molecule has 2 aromatic rings. The summed E-state index contributed by atoms with van der Waals surface area (Å²) in [7, 11) is 1.37. The Bertz CT molecular complexity index is 749. The number of amides is 1. The van der Waals surface area contributed by atoms with E-state index in [-0.39, 0.29) is 24.2 Å². The number of esters is 1. The van der Waals surface area contributed by atoms with Crippen LogP contribution >= 0.6 is 0 Å². The molecule has 1 N–H and O–H groups in total. The molecule has 1 amide bonds. The number of carbonyl (C=O) groups is 2. The molecule has 136 valence electrons. The standard InChI is InChI=1S/C19H22N4O3/c1-26-17(24)12-14-5-7-16(8-6-14)22-18(25)15-4-2-11-23(13-15)19-20-9-3-10-21-19/h3,5-10,15H,2,4,11-13H2,1H3,(H,22,25)/t15-/m1/s1. The Balaban J connectivity index is 1.58. The van der Waals surface area contributed by atoms with E-state index in [2.05, 4.69) is 20.0 Å². The molecule has 0 spiro atoms. The molecule has 1 aromatic carbocycles. The Morgan fingerprint density at radius 3 is 2.65 bits per heavy atom. The molecule has 1 aliphatic heterocycles. The fourth-order valence-corrected chi connectivity index (χ4v) is 3.02. The number of hydrogen-bond acceptors (Lipinski definition) is 6. The van der Waals surface area contributed by atoms with Crippen LogP contribution in [0.2, 0.25) is 0 Å². The van der Waals surface area contributed by atoms with Crippen LogP contribution in [0.1, 0.15) is 18.4 Å². The first-order valence-electron chi connectivity index (χ1n) is 8.64. The third-order valence-electron chi connectivity index (χ3n) is 4.42. The Kier molecular flexibility index (Phi) is 5.78. The van der Waals surface area contributed by atoms with Gasteiger partial charge in [-0.3, -0.25) is 9.59 Å². The van der Waals surface area contributed by atoms with Gasteiger partial charge in [0, 0.05) is 31.2 Å². The van der Waals surface area contributed by atoms with Crippen LogP contribution in [0.15, 0.2) is 42.7 Å². The Morgan fingerprint density at radius 2 is 1.96 bits per heavy atom. The number of nitrogens with one attached hydrogen (secondary N) is 1. The normalized spacial score (nSPS) is 16.8. The summed E-state index contributed by atoms with van der Waals surface area (Å²) in [6.07, 6.45) is 5.41. The van der Waals surface area contributed by atoms with Crippen LogP contribution in [-0.2, 0) is 20.7 Å². The van der Waals surface area contributed by atoms with Gasteiger partial charge in [-0.1, -0.05) is 12.1 Å². The van der Waals surface area contributed by atoms with Crippen LogP contribution < -0.4 is 10.2 Å². The lowest BCUT2D eigenvalue weighted by Gasteiger charge is -2.31. The monoisotopic (exact) mass is 354 g/mol. The highest BCUT2D eigenvalue weighted by atomic mass is 16.5. The molecule has 7 heteroatoms. The molecule has 7 nitrogen and oxygen atoms in total. The molecule has 1 aromatic heterocycles. The molecule has 0 aliphatic carbocycles. The highest BCUT2D eigenvalue weighted by molar-refractivity contribution is 5.93. The predicted molar refractivity (Wildman–Crippen MR) is 97.8 cm³/mol. The maximum Gasteiger partial charge on any atom is 0.309 e. The van der Waals surface area contributed by atoms with Crippen molar-refractivity contribution in [1.82, 2.24) is 9.97 Å². The average Bonchev–Trinajstić information content (AvgIpc) is 2.70. The molecule has 0 radical (unpaired) electrons. The van der Waals surface area contributed by atoms with E-state index in [9.17, 15) is 9.59 Å². The van der Waals surface area contributed by atoms with Crippen molar-refractivity contribution in [3.8, 4) is 0 Å². The van der Waals surface area contributed by atoms with Gasteiger partial charge >= 0.3 is 5.97 Å². The Labute approximate surface area is 152 Å². The largest absolute Gasteiger partial charge is 0.469 e. The van der Waals surface area contributed by atoms with Gasteiger partial charge < -0.3 is 15.0 Å². The first-order chi connectivity index (χ1) is 12.7. The number of piperidine rings is 1. The van der Waals surface area contributed by atoms with Crippen LogP contribution in [-0.4, -0.2) is 42.0 Å². The van der Waals surface area contributed by atoms with Gasteiger partial charge in [0.2, 0.25) is 11.9 Å². The molecule has 1 atom stereocenters. The van der Waals surface area contributed by atoms with Crippen molar-refractivity contribution in [3.05, 3.63) is 48.3 Å². The topological polar surface area (TPSA) is 84.4 Å². The Hall–Kier alpha value is -2.96. The zero-order valence-corrected chi connectivity index (χ0v) is 14.7. The maximum atomic E-state index is 12.6. The van der Waals surface area contributed by atoms with E-state index in [1.54, 1.807) is 30.6 Å². The minimum atomic E-state index is -0.285. The zero-order valence-electron chi connectivity index (χ0n) is 14.7. The summed E-state index contributed by atoms with van der Waals surface area (Å²) in [5.41, 5.74) is 1.57. The van der Waals surface area contributed by atoms with E-state index < -0.39 is 0 Å².